The number of benzene rings is 1. The Morgan fingerprint density at radius 1 is 1.37 bits per heavy atom. The molecule has 0 radical (unpaired) electrons. The van der Waals surface area contributed by atoms with Crippen molar-refractivity contribution in [3.8, 4) is 0 Å². The van der Waals surface area contributed by atoms with E-state index < -0.39 is 0 Å². The van der Waals surface area contributed by atoms with E-state index >= 15 is 0 Å². The smallest absolute Gasteiger partial charge is 0.269 e. The van der Waals surface area contributed by atoms with Crippen molar-refractivity contribution in [2.24, 2.45) is 0 Å². The molecule has 0 saturated heterocycles. The zero-order chi connectivity index (χ0) is 13.8. The number of rotatable bonds is 5. The van der Waals surface area contributed by atoms with Crippen molar-refractivity contribution in [1.82, 2.24) is 10.3 Å². The highest BCUT2D eigenvalue weighted by Crippen LogP contribution is 2.22. The van der Waals surface area contributed by atoms with Crippen LogP contribution in [-0.2, 0) is 0 Å². The van der Waals surface area contributed by atoms with Crippen molar-refractivity contribution in [3.63, 3.8) is 0 Å². The zero-order valence-electron chi connectivity index (χ0n) is 10.7. The Balaban J connectivity index is 2.09. The van der Waals surface area contributed by atoms with Crippen molar-refractivity contribution < 1.29 is 4.92 Å². The van der Waals surface area contributed by atoms with Gasteiger partial charge in [0, 0.05) is 29.6 Å². The second kappa shape index (κ2) is 5.90. The van der Waals surface area contributed by atoms with Crippen LogP contribution in [0.15, 0.2) is 35.2 Å². The van der Waals surface area contributed by atoms with E-state index in [2.05, 4.69) is 10.3 Å². The molecule has 0 aliphatic heterocycles. The SMILES string of the molecule is CC(NC(C)c1cscn1)c1cccc([N+](=O)[O-])c1. The van der Waals surface area contributed by atoms with Gasteiger partial charge in [-0.2, -0.15) is 0 Å². The number of nitro groups is 1. The van der Waals surface area contributed by atoms with Crippen LogP contribution in [0.4, 0.5) is 5.69 Å². The molecule has 0 aliphatic rings. The van der Waals surface area contributed by atoms with Gasteiger partial charge in [-0.05, 0) is 19.4 Å². The molecule has 1 aromatic heterocycles. The van der Waals surface area contributed by atoms with E-state index in [1.54, 1.807) is 29.0 Å². The lowest BCUT2D eigenvalue weighted by Crippen LogP contribution is -2.22. The lowest BCUT2D eigenvalue weighted by Gasteiger charge is -2.18. The van der Waals surface area contributed by atoms with Gasteiger partial charge in [0.25, 0.3) is 5.69 Å². The third kappa shape index (κ3) is 3.36. The minimum atomic E-state index is -0.375. The van der Waals surface area contributed by atoms with Crippen molar-refractivity contribution in [3.05, 3.63) is 56.5 Å². The van der Waals surface area contributed by atoms with Crippen molar-refractivity contribution in [2.75, 3.05) is 0 Å². The van der Waals surface area contributed by atoms with Crippen LogP contribution in [0.2, 0.25) is 0 Å². The quantitative estimate of drug-likeness (QED) is 0.671. The van der Waals surface area contributed by atoms with Gasteiger partial charge in [0.1, 0.15) is 0 Å². The van der Waals surface area contributed by atoms with Gasteiger partial charge in [0.15, 0.2) is 0 Å². The molecule has 5 nitrogen and oxygen atoms in total. The summed E-state index contributed by atoms with van der Waals surface area (Å²) in [4.78, 5) is 14.6. The summed E-state index contributed by atoms with van der Waals surface area (Å²) >= 11 is 1.56. The highest BCUT2D eigenvalue weighted by molar-refractivity contribution is 7.07. The van der Waals surface area contributed by atoms with Crippen molar-refractivity contribution >= 4 is 17.0 Å². The molecule has 0 saturated carbocycles. The number of aromatic nitrogens is 1. The van der Waals surface area contributed by atoms with E-state index in [9.17, 15) is 10.1 Å². The predicted molar refractivity (Wildman–Crippen MR) is 75.2 cm³/mol. The Morgan fingerprint density at radius 2 is 2.16 bits per heavy atom. The molecule has 1 N–H and O–H groups in total. The first-order valence-electron chi connectivity index (χ1n) is 5.96. The number of hydrogen-bond donors (Lipinski definition) is 1. The Hall–Kier alpha value is -1.79. The maximum Gasteiger partial charge on any atom is 0.269 e. The number of thiazole rings is 1. The fraction of sp³-hybridized carbons (Fsp3) is 0.308. The molecule has 2 rings (SSSR count). The highest BCUT2D eigenvalue weighted by Gasteiger charge is 2.14. The van der Waals surface area contributed by atoms with Crippen molar-refractivity contribution in [1.29, 1.82) is 0 Å². The number of non-ortho nitro benzene ring substituents is 1. The Labute approximate surface area is 115 Å². The fourth-order valence-electron chi connectivity index (χ4n) is 1.90. The van der Waals surface area contributed by atoms with Gasteiger partial charge in [-0.15, -0.1) is 11.3 Å². The Kier molecular flexibility index (Phi) is 4.24. The van der Waals surface area contributed by atoms with Gasteiger partial charge in [0.05, 0.1) is 16.1 Å². The summed E-state index contributed by atoms with van der Waals surface area (Å²) < 4.78 is 0. The molecule has 0 fully saturated rings. The summed E-state index contributed by atoms with van der Waals surface area (Å²) in [5.41, 5.74) is 3.80. The molecule has 2 unspecified atom stereocenters. The van der Waals surface area contributed by atoms with E-state index in [0.717, 1.165) is 11.3 Å². The molecule has 1 heterocycles. The van der Waals surface area contributed by atoms with Gasteiger partial charge in [0.2, 0.25) is 0 Å². The van der Waals surface area contributed by atoms with Crippen molar-refractivity contribution in [2.45, 2.75) is 25.9 Å². The first-order chi connectivity index (χ1) is 9.08. The Bertz CT molecular complexity index is 557. The van der Waals surface area contributed by atoms with Crippen LogP contribution in [0.25, 0.3) is 0 Å². The molecular weight excluding hydrogens is 262 g/mol. The average Bonchev–Trinajstić information content (AvgIpc) is 2.92. The second-order valence-corrected chi connectivity index (χ2v) is 5.09. The molecule has 0 spiro atoms. The van der Waals surface area contributed by atoms with Gasteiger partial charge in [-0.1, -0.05) is 12.1 Å². The summed E-state index contributed by atoms with van der Waals surface area (Å²) in [6, 6.07) is 6.83. The van der Waals surface area contributed by atoms with Gasteiger partial charge < -0.3 is 5.32 Å². The summed E-state index contributed by atoms with van der Waals surface area (Å²) in [5, 5.41) is 16.1. The van der Waals surface area contributed by atoms with Crippen LogP contribution in [0.3, 0.4) is 0 Å². The molecular formula is C13H15N3O2S. The van der Waals surface area contributed by atoms with Crippen LogP contribution in [0.5, 0.6) is 0 Å². The molecule has 6 heteroatoms. The standard InChI is InChI=1S/C13H15N3O2S/c1-9(15-10(2)13-7-19-8-14-13)11-4-3-5-12(6-11)16(17)18/h3-10,15H,1-2H3. The lowest BCUT2D eigenvalue weighted by atomic mass is 10.1. The largest absolute Gasteiger partial charge is 0.302 e. The number of hydrogen-bond acceptors (Lipinski definition) is 5. The maximum absolute atomic E-state index is 10.8. The van der Waals surface area contributed by atoms with E-state index in [-0.39, 0.29) is 22.7 Å². The zero-order valence-corrected chi connectivity index (χ0v) is 11.6. The molecule has 19 heavy (non-hydrogen) atoms. The molecule has 0 bridgehead atoms. The van der Waals surface area contributed by atoms with Gasteiger partial charge in [-0.25, -0.2) is 4.98 Å². The van der Waals surface area contributed by atoms with E-state index in [4.69, 9.17) is 0 Å². The van der Waals surface area contributed by atoms with E-state index in [1.807, 2.05) is 25.3 Å². The minimum Gasteiger partial charge on any atom is -0.302 e. The topological polar surface area (TPSA) is 68.1 Å². The molecule has 100 valence electrons. The normalized spacial score (nSPS) is 14.0. The molecule has 0 amide bonds. The number of nitrogens with one attached hydrogen (secondary N) is 1. The summed E-state index contributed by atoms with van der Waals surface area (Å²) in [6.07, 6.45) is 0. The van der Waals surface area contributed by atoms with Crippen LogP contribution >= 0.6 is 11.3 Å². The monoisotopic (exact) mass is 277 g/mol. The molecule has 1 aromatic carbocycles. The first-order valence-corrected chi connectivity index (χ1v) is 6.90. The summed E-state index contributed by atoms with van der Waals surface area (Å²) in [7, 11) is 0. The minimum absolute atomic E-state index is 0.0246. The second-order valence-electron chi connectivity index (χ2n) is 4.38. The Morgan fingerprint density at radius 3 is 2.79 bits per heavy atom. The van der Waals surface area contributed by atoms with Gasteiger partial charge >= 0.3 is 0 Å². The third-order valence-corrected chi connectivity index (χ3v) is 3.58. The van der Waals surface area contributed by atoms with Crippen LogP contribution in [-0.4, -0.2) is 9.91 Å². The van der Waals surface area contributed by atoms with Crippen LogP contribution in [0, 0.1) is 10.1 Å². The van der Waals surface area contributed by atoms with Crippen LogP contribution in [0.1, 0.15) is 37.2 Å². The fourth-order valence-corrected chi connectivity index (χ4v) is 2.55. The molecule has 0 aliphatic carbocycles. The number of nitrogens with zero attached hydrogens (tertiary/aromatic N) is 2. The van der Waals surface area contributed by atoms with E-state index in [1.165, 1.54) is 6.07 Å². The predicted octanol–water partition coefficient (Wildman–Crippen LogP) is 3.46. The molecule has 2 atom stereocenters. The summed E-state index contributed by atoms with van der Waals surface area (Å²) in [5.74, 6) is 0. The average molecular weight is 277 g/mol. The molecule has 2 aromatic rings. The highest BCUT2D eigenvalue weighted by atomic mass is 32.1. The summed E-state index contributed by atoms with van der Waals surface area (Å²) in [6.45, 7) is 4.02. The van der Waals surface area contributed by atoms with E-state index in [0.29, 0.717) is 0 Å². The third-order valence-electron chi connectivity index (χ3n) is 2.98. The van der Waals surface area contributed by atoms with Crippen LogP contribution < -0.4 is 5.32 Å². The first kappa shape index (κ1) is 13.6. The van der Waals surface area contributed by atoms with Gasteiger partial charge in [-0.3, -0.25) is 10.1 Å². The lowest BCUT2D eigenvalue weighted by molar-refractivity contribution is -0.384. The number of nitro benzene ring substituents is 1. The maximum atomic E-state index is 10.8.